The van der Waals surface area contributed by atoms with Gasteiger partial charge in [-0.25, -0.2) is 27.3 Å². The van der Waals surface area contributed by atoms with Crippen molar-refractivity contribution in [1.29, 1.82) is 0 Å². The Kier molecular flexibility index (Phi) is 18.4. The fraction of sp³-hybridized carbons (Fsp3) is 1.00. The quantitative estimate of drug-likeness (QED) is 0.0758. The zero-order chi connectivity index (χ0) is 27.3. The summed E-state index contributed by atoms with van der Waals surface area (Å²) < 4.78 is 52.7. The van der Waals surface area contributed by atoms with Crippen molar-refractivity contribution in [3.05, 3.63) is 0 Å². The van der Waals surface area contributed by atoms with Crippen molar-refractivity contribution in [3.8, 4) is 0 Å². The van der Waals surface area contributed by atoms with E-state index in [9.17, 15) is 18.3 Å². The summed E-state index contributed by atoms with van der Waals surface area (Å²) in [6.07, 6.45) is 8.09. The third-order valence-electron chi connectivity index (χ3n) is 3.35. The maximum Gasteiger partial charge on any atom is 0.485 e. The maximum absolute atomic E-state index is 11.0. The Bertz CT molecular complexity index is 693. The second-order valence-electron chi connectivity index (χ2n) is 6.63. The summed E-state index contributed by atoms with van der Waals surface area (Å²) in [7, 11) is -22.5. The molecule has 21 heteroatoms. The van der Waals surface area contributed by atoms with Gasteiger partial charge in [-0.2, -0.15) is 8.62 Å². The monoisotopic (exact) mass is 621 g/mol. The molecule has 15 nitrogen and oxygen atoms in total. The summed E-state index contributed by atoms with van der Waals surface area (Å²) in [5, 5.41) is 0. The highest BCUT2D eigenvalue weighted by Gasteiger charge is 2.48. The smallest absolute Gasteiger partial charge is 0.303 e. The third-order valence-corrected chi connectivity index (χ3v) is 8.41. The fourth-order valence-electron chi connectivity index (χ4n) is 2.07. The number of unbranched alkanes of at least 4 members (excludes halogenated alkanes) is 3. The van der Waals surface area contributed by atoms with Crippen LogP contribution in [0.4, 0.5) is 0 Å². The molecule has 0 aromatic heterocycles. The number of nitrogens with zero attached hydrogens (tertiary/aromatic N) is 1. The Hall–Kier alpha value is 1.06. The SMILES string of the molecule is CCCCN(CCCC)CCCC.O=P(O)(O)OP(=O)(O)OC(Cl)(Cl)OP(=O)(O)OP(=O)(O)O. The van der Waals surface area contributed by atoms with Crippen LogP contribution in [0.15, 0.2) is 0 Å². The summed E-state index contributed by atoms with van der Waals surface area (Å²) >= 11 is 9.91. The van der Waals surface area contributed by atoms with Gasteiger partial charge in [-0.05, 0) is 62.1 Å². The van der Waals surface area contributed by atoms with Crippen LogP contribution in [0.2, 0.25) is 0 Å². The summed E-state index contributed by atoms with van der Waals surface area (Å²) in [6.45, 7) is 10.8. The fourth-order valence-corrected chi connectivity index (χ4v) is 6.20. The van der Waals surface area contributed by atoms with Gasteiger partial charge in [0.2, 0.25) is 0 Å². The first-order valence-corrected chi connectivity index (χ1v) is 16.7. The molecule has 0 aliphatic rings. The molecule has 0 aromatic carbocycles. The first-order chi connectivity index (χ1) is 15.2. The molecule has 0 spiro atoms. The molecule has 0 rings (SSSR count). The molecule has 0 radical (unpaired) electrons. The second kappa shape index (κ2) is 16.8. The zero-order valence-corrected chi connectivity index (χ0v) is 23.9. The molecule has 6 N–H and O–H groups in total. The molecule has 0 aromatic rings. The number of rotatable bonds is 17. The van der Waals surface area contributed by atoms with Gasteiger partial charge in [-0.3, -0.25) is 0 Å². The normalized spacial score (nSPS) is 16.5. The van der Waals surface area contributed by atoms with E-state index < -0.39 is 36.0 Å². The van der Waals surface area contributed by atoms with E-state index in [1.165, 1.54) is 58.2 Å². The first kappa shape index (κ1) is 37.2. The van der Waals surface area contributed by atoms with Crippen molar-refractivity contribution in [1.82, 2.24) is 4.90 Å². The van der Waals surface area contributed by atoms with Crippen LogP contribution in [0.5, 0.6) is 0 Å². The van der Waals surface area contributed by atoms with Crippen molar-refractivity contribution in [2.45, 2.75) is 64.0 Å². The number of phosphoric ester groups is 2. The lowest BCUT2D eigenvalue weighted by molar-refractivity contribution is -0.00695. The Balaban J connectivity index is 0. The Labute approximate surface area is 208 Å². The van der Waals surface area contributed by atoms with Crippen molar-refractivity contribution < 1.29 is 65.3 Å². The molecular weight excluding hydrogens is 589 g/mol. The van der Waals surface area contributed by atoms with Crippen LogP contribution in [-0.4, -0.2) is 58.6 Å². The molecule has 0 fully saturated rings. The number of hydrogen-bond acceptors (Lipinski definition) is 9. The van der Waals surface area contributed by atoms with Crippen LogP contribution in [0.25, 0.3) is 0 Å². The summed E-state index contributed by atoms with van der Waals surface area (Å²) in [6, 6.07) is 0. The highest BCUT2D eigenvalue weighted by Crippen LogP contribution is 2.65. The molecule has 208 valence electrons. The van der Waals surface area contributed by atoms with E-state index in [1.54, 1.807) is 0 Å². The predicted molar refractivity (Wildman–Crippen MR) is 124 cm³/mol. The minimum Gasteiger partial charge on any atom is -0.303 e. The van der Waals surface area contributed by atoms with Crippen molar-refractivity contribution in [3.63, 3.8) is 0 Å². The minimum absolute atomic E-state index is 1.32. The van der Waals surface area contributed by atoms with E-state index in [0.717, 1.165) is 0 Å². The van der Waals surface area contributed by atoms with E-state index in [4.69, 9.17) is 52.6 Å². The molecule has 0 saturated heterocycles. The predicted octanol–water partition coefficient (Wildman–Crippen LogP) is 4.22. The molecular formula is C13H33Cl2NO14P4. The molecule has 0 heterocycles. The third kappa shape index (κ3) is 24.7. The van der Waals surface area contributed by atoms with Gasteiger partial charge in [-0.1, -0.05) is 40.0 Å². The van der Waals surface area contributed by atoms with Gasteiger partial charge in [0.05, 0.1) is 0 Å². The van der Waals surface area contributed by atoms with Gasteiger partial charge in [0.15, 0.2) is 0 Å². The summed E-state index contributed by atoms with van der Waals surface area (Å²) in [4.78, 5) is 53.3. The molecule has 34 heavy (non-hydrogen) atoms. The standard InChI is InChI=1S/C12H27N.CH6Cl2O14P4/c1-4-7-10-13(11-8-5-2)12-9-6-3;2-1(3,14-20(10,11)16-18(4,5)6)15-21(12,13)17-19(7,8)9/h4-12H2,1-3H3;(H,10,11)(H,12,13)(H2,4,5,6)(H2,7,8,9). The van der Waals surface area contributed by atoms with Gasteiger partial charge in [0.1, 0.15) is 0 Å². The lowest BCUT2D eigenvalue weighted by atomic mass is 10.2. The van der Waals surface area contributed by atoms with E-state index in [-0.39, 0.29) is 0 Å². The lowest BCUT2D eigenvalue weighted by Crippen LogP contribution is -2.27. The van der Waals surface area contributed by atoms with Crippen molar-refractivity contribution in [2.24, 2.45) is 0 Å². The van der Waals surface area contributed by atoms with Crippen LogP contribution in [0.3, 0.4) is 0 Å². The second-order valence-corrected chi connectivity index (χ2v) is 13.3. The maximum atomic E-state index is 11.0. The summed E-state index contributed by atoms with van der Waals surface area (Å²) in [5.74, 6) is 0. The average Bonchev–Trinajstić information content (AvgIpc) is 2.54. The lowest BCUT2D eigenvalue weighted by Gasteiger charge is -2.23. The van der Waals surface area contributed by atoms with Gasteiger partial charge in [0.25, 0.3) is 0 Å². The molecule has 0 amide bonds. The first-order valence-electron chi connectivity index (χ1n) is 9.88. The molecule has 0 saturated carbocycles. The highest BCUT2D eigenvalue weighted by atomic mass is 35.5. The topological polar surface area (TPSA) is 230 Å². The van der Waals surface area contributed by atoms with E-state index in [2.05, 4.69) is 43.3 Å². The van der Waals surface area contributed by atoms with Gasteiger partial charge in [0, 0.05) is 0 Å². The number of hydrogen-bond donors (Lipinski definition) is 6. The van der Waals surface area contributed by atoms with Crippen molar-refractivity contribution >= 4 is 54.5 Å². The van der Waals surface area contributed by atoms with Gasteiger partial charge < -0.3 is 34.3 Å². The number of phosphoric acid groups is 4. The molecule has 2 unspecified atom stereocenters. The van der Waals surface area contributed by atoms with E-state index in [0.29, 0.717) is 0 Å². The Morgan fingerprint density at radius 1 is 0.647 bits per heavy atom. The molecule has 0 aliphatic carbocycles. The molecule has 0 bridgehead atoms. The van der Waals surface area contributed by atoms with Gasteiger partial charge in [-0.15, -0.1) is 0 Å². The zero-order valence-electron chi connectivity index (χ0n) is 18.8. The number of alkyl halides is 2. The van der Waals surface area contributed by atoms with Crippen LogP contribution in [0, 0.1) is 0 Å². The Morgan fingerprint density at radius 3 is 1.12 bits per heavy atom. The van der Waals surface area contributed by atoms with Crippen LogP contribution < -0.4 is 0 Å². The average molecular weight is 622 g/mol. The largest absolute Gasteiger partial charge is 0.485 e. The highest BCUT2D eigenvalue weighted by molar-refractivity contribution is 7.61. The van der Waals surface area contributed by atoms with E-state index in [1.807, 2.05) is 0 Å². The molecule has 2 atom stereocenters. The van der Waals surface area contributed by atoms with Crippen LogP contribution in [-0.2, 0) is 35.9 Å². The molecule has 0 aliphatic heterocycles. The van der Waals surface area contributed by atoms with Gasteiger partial charge >= 0.3 is 36.0 Å². The van der Waals surface area contributed by atoms with Crippen molar-refractivity contribution in [2.75, 3.05) is 19.6 Å². The minimum atomic E-state index is -5.71. The van der Waals surface area contributed by atoms with Crippen LogP contribution in [0.1, 0.15) is 59.3 Å². The Morgan fingerprint density at radius 2 is 0.912 bits per heavy atom. The van der Waals surface area contributed by atoms with Crippen LogP contribution >= 0.6 is 54.5 Å². The number of halogens is 2. The summed E-state index contributed by atoms with van der Waals surface area (Å²) in [5.41, 5.74) is 0. The van der Waals surface area contributed by atoms with E-state index >= 15 is 0 Å².